The molecule has 0 saturated heterocycles. The van der Waals surface area contributed by atoms with Crippen molar-refractivity contribution in [1.82, 2.24) is 0 Å². The fraction of sp³-hybridized carbons (Fsp3) is 0.625. The lowest BCUT2D eigenvalue weighted by atomic mass is 9.80. The summed E-state index contributed by atoms with van der Waals surface area (Å²) in [5.41, 5.74) is 9.19. The van der Waals surface area contributed by atoms with E-state index in [1.165, 1.54) is 11.1 Å². The summed E-state index contributed by atoms with van der Waals surface area (Å²) >= 11 is 0. The maximum atomic E-state index is 6.48. The second-order valence-corrected chi connectivity index (χ2v) is 5.78. The van der Waals surface area contributed by atoms with Gasteiger partial charge in [-0.3, -0.25) is 0 Å². The van der Waals surface area contributed by atoms with Crippen LogP contribution in [0.5, 0.6) is 5.75 Å². The van der Waals surface area contributed by atoms with E-state index < -0.39 is 0 Å². The van der Waals surface area contributed by atoms with Gasteiger partial charge >= 0.3 is 0 Å². The van der Waals surface area contributed by atoms with Gasteiger partial charge in [0.15, 0.2) is 0 Å². The zero-order valence-corrected chi connectivity index (χ0v) is 11.8. The van der Waals surface area contributed by atoms with Crippen molar-refractivity contribution in [1.29, 1.82) is 0 Å². The van der Waals surface area contributed by atoms with Gasteiger partial charge in [0, 0.05) is 12.0 Å². The van der Waals surface area contributed by atoms with Crippen molar-refractivity contribution < 1.29 is 4.74 Å². The number of hydrogen-bond donors (Lipinski definition) is 1. The van der Waals surface area contributed by atoms with Crippen LogP contribution in [0.2, 0.25) is 0 Å². The zero-order valence-electron chi connectivity index (χ0n) is 11.8. The molecular formula is C16H25NO. The van der Waals surface area contributed by atoms with Crippen LogP contribution in [-0.2, 0) is 12.8 Å². The third-order valence-electron chi connectivity index (χ3n) is 4.44. The van der Waals surface area contributed by atoms with Crippen molar-refractivity contribution in [3.05, 3.63) is 29.3 Å². The van der Waals surface area contributed by atoms with Crippen LogP contribution in [0.4, 0.5) is 0 Å². The van der Waals surface area contributed by atoms with Gasteiger partial charge in [-0.15, -0.1) is 0 Å². The van der Waals surface area contributed by atoms with Crippen LogP contribution in [0.1, 0.15) is 44.7 Å². The topological polar surface area (TPSA) is 35.2 Å². The minimum atomic E-state index is -0.0322. The number of hydrogen-bond acceptors (Lipinski definition) is 2. The monoisotopic (exact) mass is 247 g/mol. The Bertz CT molecular complexity index is 414. The summed E-state index contributed by atoms with van der Waals surface area (Å²) in [6, 6.07) is 6.58. The Morgan fingerprint density at radius 3 is 2.83 bits per heavy atom. The second kappa shape index (κ2) is 5.31. The quantitative estimate of drug-likeness (QED) is 0.866. The van der Waals surface area contributed by atoms with Crippen LogP contribution in [0, 0.1) is 5.92 Å². The normalized spacial score (nSPS) is 17.4. The lowest BCUT2D eigenvalue weighted by molar-refractivity contribution is 0.278. The number of benzene rings is 1. The molecule has 0 spiro atoms. The molecule has 1 heterocycles. The van der Waals surface area contributed by atoms with Gasteiger partial charge in [0.05, 0.1) is 6.61 Å². The average Bonchev–Trinajstić information content (AvgIpc) is 2.82. The van der Waals surface area contributed by atoms with Gasteiger partial charge in [-0.1, -0.05) is 32.9 Å². The second-order valence-electron chi connectivity index (χ2n) is 5.78. The van der Waals surface area contributed by atoms with E-state index in [9.17, 15) is 0 Å². The molecule has 2 heteroatoms. The van der Waals surface area contributed by atoms with E-state index >= 15 is 0 Å². The van der Waals surface area contributed by atoms with Gasteiger partial charge in [0.1, 0.15) is 5.75 Å². The molecular weight excluding hydrogens is 222 g/mol. The molecule has 18 heavy (non-hydrogen) atoms. The number of rotatable bonds is 5. The molecule has 0 radical (unpaired) electrons. The molecule has 0 fully saturated rings. The standard InChI is InChI=1S/C16H25NO/c1-4-16(17,12(2)3)9-7-13-5-6-15-14(11-13)8-10-18-15/h5-6,11-12H,4,7-10,17H2,1-3H3. The predicted molar refractivity (Wildman–Crippen MR) is 76.0 cm³/mol. The van der Waals surface area contributed by atoms with Crippen LogP contribution in [0.25, 0.3) is 0 Å². The molecule has 1 unspecified atom stereocenters. The molecule has 100 valence electrons. The lowest BCUT2D eigenvalue weighted by Crippen LogP contribution is -2.44. The van der Waals surface area contributed by atoms with Crippen LogP contribution < -0.4 is 10.5 Å². The number of fused-ring (bicyclic) bond motifs is 1. The summed E-state index contributed by atoms with van der Waals surface area (Å²) in [5, 5.41) is 0. The Labute approximate surface area is 111 Å². The van der Waals surface area contributed by atoms with E-state index in [4.69, 9.17) is 10.5 Å². The summed E-state index contributed by atoms with van der Waals surface area (Å²) in [4.78, 5) is 0. The Kier molecular flexibility index (Phi) is 3.96. The summed E-state index contributed by atoms with van der Waals surface area (Å²) in [7, 11) is 0. The van der Waals surface area contributed by atoms with Gasteiger partial charge < -0.3 is 10.5 Å². The smallest absolute Gasteiger partial charge is 0.122 e. The summed E-state index contributed by atoms with van der Waals surface area (Å²) in [6.45, 7) is 7.47. The third kappa shape index (κ3) is 2.69. The first kappa shape index (κ1) is 13.4. The van der Waals surface area contributed by atoms with Gasteiger partial charge in [-0.25, -0.2) is 0 Å². The molecule has 2 rings (SSSR count). The van der Waals surface area contributed by atoms with Crippen LogP contribution >= 0.6 is 0 Å². The van der Waals surface area contributed by atoms with Gasteiger partial charge in [-0.2, -0.15) is 0 Å². The van der Waals surface area contributed by atoms with Crippen LogP contribution in [0.3, 0.4) is 0 Å². The third-order valence-corrected chi connectivity index (χ3v) is 4.44. The van der Waals surface area contributed by atoms with Crippen molar-refractivity contribution in [2.75, 3.05) is 6.61 Å². The average molecular weight is 247 g/mol. The number of ether oxygens (including phenoxy) is 1. The fourth-order valence-electron chi connectivity index (χ4n) is 2.65. The summed E-state index contributed by atoms with van der Waals surface area (Å²) in [6.07, 6.45) is 4.21. The van der Waals surface area contributed by atoms with Crippen molar-refractivity contribution in [3.8, 4) is 5.75 Å². The first-order valence-corrected chi connectivity index (χ1v) is 7.08. The van der Waals surface area contributed by atoms with Crippen molar-refractivity contribution >= 4 is 0 Å². The lowest BCUT2D eigenvalue weighted by Gasteiger charge is -2.32. The molecule has 1 aliphatic rings. The molecule has 0 amide bonds. The Morgan fingerprint density at radius 2 is 2.17 bits per heavy atom. The SMILES string of the molecule is CCC(N)(CCc1ccc2c(c1)CCO2)C(C)C. The minimum absolute atomic E-state index is 0.0322. The number of aryl methyl sites for hydroxylation is 1. The van der Waals surface area contributed by atoms with Gasteiger partial charge in [-0.05, 0) is 42.4 Å². The van der Waals surface area contributed by atoms with Crippen LogP contribution in [0.15, 0.2) is 18.2 Å². The van der Waals surface area contributed by atoms with Crippen LogP contribution in [-0.4, -0.2) is 12.1 Å². The van der Waals surface area contributed by atoms with Gasteiger partial charge in [0.25, 0.3) is 0 Å². The first-order chi connectivity index (χ1) is 8.55. The maximum Gasteiger partial charge on any atom is 0.122 e. The zero-order chi connectivity index (χ0) is 13.2. The highest BCUT2D eigenvalue weighted by molar-refractivity contribution is 5.39. The highest BCUT2D eigenvalue weighted by atomic mass is 16.5. The highest BCUT2D eigenvalue weighted by Gasteiger charge is 2.26. The van der Waals surface area contributed by atoms with E-state index in [1.807, 2.05) is 0 Å². The van der Waals surface area contributed by atoms with E-state index in [1.54, 1.807) is 0 Å². The Hall–Kier alpha value is -1.02. The molecule has 2 N–H and O–H groups in total. The molecule has 0 bridgehead atoms. The molecule has 0 aliphatic carbocycles. The largest absolute Gasteiger partial charge is 0.493 e. The molecule has 1 aromatic rings. The summed E-state index contributed by atoms with van der Waals surface area (Å²) < 4.78 is 5.53. The Morgan fingerprint density at radius 1 is 1.39 bits per heavy atom. The van der Waals surface area contributed by atoms with Crippen molar-refractivity contribution in [3.63, 3.8) is 0 Å². The van der Waals surface area contributed by atoms with Gasteiger partial charge in [0.2, 0.25) is 0 Å². The fourth-order valence-corrected chi connectivity index (χ4v) is 2.65. The van der Waals surface area contributed by atoms with E-state index in [0.717, 1.165) is 38.0 Å². The highest BCUT2D eigenvalue weighted by Crippen LogP contribution is 2.28. The molecule has 0 saturated carbocycles. The minimum Gasteiger partial charge on any atom is -0.493 e. The predicted octanol–water partition coefficient (Wildman–Crippen LogP) is 3.32. The van der Waals surface area contributed by atoms with E-state index in [-0.39, 0.29) is 5.54 Å². The van der Waals surface area contributed by atoms with E-state index in [0.29, 0.717) is 5.92 Å². The number of nitrogens with two attached hydrogens (primary N) is 1. The first-order valence-electron chi connectivity index (χ1n) is 7.08. The molecule has 1 atom stereocenters. The Balaban J connectivity index is 2.02. The molecule has 0 aromatic heterocycles. The maximum absolute atomic E-state index is 6.48. The van der Waals surface area contributed by atoms with Crippen molar-refractivity contribution in [2.45, 2.75) is 52.0 Å². The molecule has 2 nitrogen and oxygen atoms in total. The van der Waals surface area contributed by atoms with Crippen molar-refractivity contribution in [2.24, 2.45) is 11.7 Å². The van der Waals surface area contributed by atoms with E-state index in [2.05, 4.69) is 39.0 Å². The molecule has 1 aromatic carbocycles. The molecule has 1 aliphatic heterocycles. The summed E-state index contributed by atoms with van der Waals surface area (Å²) in [5.74, 6) is 1.59.